The quantitative estimate of drug-likeness (QED) is 0.433. The molecule has 0 heterocycles. The molecule has 0 spiro atoms. The third-order valence-electron chi connectivity index (χ3n) is 4.27. The van der Waals surface area contributed by atoms with Gasteiger partial charge in [0, 0.05) is 27.3 Å². The second-order valence-corrected chi connectivity index (χ2v) is 9.24. The van der Waals surface area contributed by atoms with Crippen LogP contribution in [0.5, 0.6) is 5.75 Å². The van der Waals surface area contributed by atoms with Crippen LogP contribution in [-0.2, 0) is 16.7 Å². The van der Waals surface area contributed by atoms with E-state index in [4.69, 9.17) is 15.8 Å². The van der Waals surface area contributed by atoms with Crippen LogP contribution in [0.4, 0.5) is 5.69 Å². The highest BCUT2D eigenvalue weighted by Crippen LogP contribution is 2.29. The largest absolute Gasteiger partial charge is 0.381 e. The summed E-state index contributed by atoms with van der Waals surface area (Å²) in [5.74, 6) is 0.274. The highest BCUT2D eigenvalue weighted by Gasteiger charge is 2.19. The average molecular weight is 481 g/mol. The molecule has 0 bridgehead atoms. The predicted octanol–water partition coefficient (Wildman–Crippen LogP) is 6.10. The maximum atomic E-state index is 12.7. The topological polar surface area (TPSA) is 55.4 Å². The first kappa shape index (κ1) is 20.7. The number of hydrogen-bond donors (Lipinski definition) is 1. The second-order valence-electron chi connectivity index (χ2n) is 6.37. The SMILES string of the molecule is Cc1ccc(S(=O)(=O)Oc2ccc(Br)cc2CNc2cccc(Cl)c2C)cc1. The normalized spacial score (nSPS) is 11.3. The molecule has 0 unspecified atom stereocenters. The number of anilines is 1. The molecule has 7 heteroatoms. The van der Waals surface area contributed by atoms with E-state index in [0.29, 0.717) is 17.1 Å². The van der Waals surface area contributed by atoms with E-state index in [-0.39, 0.29) is 10.6 Å². The van der Waals surface area contributed by atoms with Crippen LogP contribution in [0.3, 0.4) is 0 Å². The van der Waals surface area contributed by atoms with E-state index < -0.39 is 10.1 Å². The fourth-order valence-electron chi connectivity index (χ4n) is 2.63. The number of rotatable bonds is 6. The van der Waals surface area contributed by atoms with Gasteiger partial charge in [-0.3, -0.25) is 0 Å². The van der Waals surface area contributed by atoms with Gasteiger partial charge in [-0.1, -0.05) is 51.3 Å². The van der Waals surface area contributed by atoms with Crippen molar-refractivity contribution in [1.82, 2.24) is 0 Å². The van der Waals surface area contributed by atoms with Crippen molar-refractivity contribution >= 4 is 43.3 Å². The molecule has 0 aliphatic carbocycles. The van der Waals surface area contributed by atoms with E-state index in [0.717, 1.165) is 21.3 Å². The lowest BCUT2D eigenvalue weighted by molar-refractivity contribution is 0.483. The maximum absolute atomic E-state index is 12.7. The summed E-state index contributed by atoms with van der Waals surface area (Å²) in [6, 6.07) is 17.4. The van der Waals surface area contributed by atoms with Gasteiger partial charge < -0.3 is 9.50 Å². The van der Waals surface area contributed by atoms with Gasteiger partial charge in [-0.15, -0.1) is 0 Å². The first-order chi connectivity index (χ1) is 13.3. The van der Waals surface area contributed by atoms with Crippen LogP contribution in [0.2, 0.25) is 5.02 Å². The molecule has 0 atom stereocenters. The van der Waals surface area contributed by atoms with Gasteiger partial charge in [0.05, 0.1) is 0 Å². The highest BCUT2D eigenvalue weighted by atomic mass is 79.9. The third-order valence-corrected chi connectivity index (χ3v) is 6.42. The molecule has 3 rings (SSSR count). The summed E-state index contributed by atoms with van der Waals surface area (Å²) in [6.07, 6.45) is 0. The summed E-state index contributed by atoms with van der Waals surface area (Å²) in [5.41, 5.74) is 3.47. The number of hydrogen-bond acceptors (Lipinski definition) is 4. The molecule has 0 fully saturated rings. The minimum atomic E-state index is -3.93. The van der Waals surface area contributed by atoms with Gasteiger partial charge in [-0.05, 0) is 61.9 Å². The third kappa shape index (κ3) is 4.87. The van der Waals surface area contributed by atoms with Crippen molar-refractivity contribution in [2.24, 2.45) is 0 Å². The van der Waals surface area contributed by atoms with E-state index >= 15 is 0 Å². The second kappa shape index (κ2) is 8.55. The van der Waals surface area contributed by atoms with E-state index in [1.54, 1.807) is 24.3 Å². The van der Waals surface area contributed by atoms with Crippen molar-refractivity contribution in [3.05, 3.63) is 86.8 Å². The Morgan fingerprint density at radius 2 is 1.75 bits per heavy atom. The Morgan fingerprint density at radius 3 is 2.46 bits per heavy atom. The van der Waals surface area contributed by atoms with Crippen molar-refractivity contribution < 1.29 is 12.6 Å². The first-order valence-corrected chi connectivity index (χ1v) is 11.1. The van der Waals surface area contributed by atoms with Crippen LogP contribution in [0.15, 0.2) is 70.0 Å². The van der Waals surface area contributed by atoms with E-state index in [1.807, 2.05) is 38.1 Å². The molecule has 3 aromatic rings. The maximum Gasteiger partial charge on any atom is 0.339 e. The fraction of sp³-hybridized carbons (Fsp3) is 0.143. The summed E-state index contributed by atoms with van der Waals surface area (Å²) in [7, 11) is -3.93. The molecule has 0 saturated heterocycles. The number of aryl methyl sites for hydroxylation is 1. The summed E-state index contributed by atoms with van der Waals surface area (Å²) in [5, 5.41) is 3.96. The van der Waals surface area contributed by atoms with Crippen molar-refractivity contribution in [2.75, 3.05) is 5.32 Å². The zero-order chi connectivity index (χ0) is 20.3. The van der Waals surface area contributed by atoms with Gasteiger partial charge in [0.15, 0.2) is 0 Å². The van der Waals surface area contributed by atoms with Crippen LogP contribution >= 0.6 is 27.5 Å². The minimum Gasteiger partial charge on any atom is -0.381 e. The van der Waals surface area contributed by atoms with Gasteiger partial charge in [0.1, 0.15) is 10.6 Å². The van der Waals surface area contributed by atoms with Gasteiger partial charge in [0.25, 0.3) is 0 Å². The lowest BCUT2D eigenvalue weighted by Gasteiger charge is -2.15. The first-order valence-electron chi connectivity index (χ1n) is 8.55. The molecular formula is C21H19BrClNO3S. The molecule has 0 aromatic heterocycles. The zero-order valence-corrected chi connectivity index (χ0v) is 18.5. The average Bonchev–Trinajstić information content (AvgIpc) is 2.65. The van der Waals surface area contributed by atoms with E-state index in [2.05, 4.69) is 21.2 Å². The Morgan fingerprint density at radius 1 is 1.04 bits per heavy atom. The Labute approximate surface area is 178 Å². The molecule has 28 heavy (non-hydrogen) atoms. The molecule has 0 amide bonds. The summed E-state index contributed by atoms with van der Waals surface area (Å²) >= 11 is 9.59. The summed E-state index contributed by atoms with van der Waals surface area (Å²) in [4.78, 5) is 0.116. The van der Waals surface area contributed by atoms with Crippen LogP contribution in [-0.4, -0.2) is 8.42 Å². The van der Waals surface area contributed by atoms with Crippen LogP contribution < -0.4 is 9.50 Å². The van der Waals surface area contributed by atoms with Gasteiger partial charge >= 0.3 is 10.1 Å². The molecule has 0 saturated carbocycles. The summed E-state index contributed by atoms with van der Waals surface area (Å²) < 4.78 is 31.6. The van der Waals surface area contributed by atoms with E-state index in [9.17, 15) is 8.42 Å². The lowest BCUT2D eigenvalue weighted by atomic mass is 10.1. The molecular weight excluding hydrogens is 462 g/mol. The Balaban J connectivity index is 1.86. The van der Waals surface area contributed by atoms with Crippen LogP contribution in [0.25, 0.3) is 0 Å². The fourth-order valence-corrected chi connectivity index (χ4v) is 4.18. The Hall–Kier alpha value is -2.02. The molecule has 3 aromatic carbocycles. The molecule has 1 N–H and O–H groups in total. The Kier molecular flexibility index (Phi) is 6.33. The minimum absolute atomic E-state index is 0.116. The number of halogens is 2. The molecule has 0 radical (unpaired) electrons. The predicted molar refractivity (Wildman–Crippen MR) is 117 cm³/mol. The van der Waals surface area contributed by atoms with Crippen LogP contribution in [0, 0.1) is 13.8 Å². The van der Waals surface area contributed by atoms with Crippen molar-refractivity contribution in [3.8, 4) is 5.75 Å². The molecule has 0 aliphatic heterocycles. The van der Waals surface area contributed by atoms with Gasteiger partial charge in [-0.2, -0.15) is 8.42 Å². The smallest absolute Gasteiger partial charge is 0.339 e. The Bertz CT molecular complexity index is 1100. The van der Waals surface area contributed by atoms with Crippen molar-refractivity contribution in [2.45, 2.75) is 25.3 Å². The van der Waals surface area contributed by atoms with Gasteiger partial charge in [0.2, 0.25) is 0 Å². The van der Waals surface area contributed by atoms with Crippen LogP contribution in [0.1, 0.15) is 16.7 Å². The lowest BCUT2D eigenvalue weighted by Crippen LogP contribution is -2.12. The number of benzene rings is 3. The molecule has 0 aliphatic rings. The molecule has 4 nitrogen and oxygen atoms in total. The zero-order valence-electron chi connectivity index (χ0n) is 15.4. The van der Waals surface area contributed by atoms with Crippen molar-refractivity contribution in [1.29, 1.82) is 0 Å². The summed E-state index contributed by atoms with van der Waals surface area (Å²) in [6.45, 7) is 4.19. The monoisotopic (exact) mass is 479 g/mol. The standard InChI is InChI=1S/C21H19BrClNO3S/c1-14-6-9-18(10-7-14)28(25,26)27-21-11-8-17(22)12-16(21)13-24-20-5-3-4-19(23)15(20)2/h3-12,24H,13H2,1-2H3. The highest BCUT2D eigenvalue weighted by molar-refractivity contribution is 9.10. The van der Waals surface area contributed by atoms with E-state index in [1.165, 1.54) is 12.1 Å². The van der Waals surface area contributed by atoms with Crippen molar-refractivity contribution in [3.63, 3.8) is 0 Å². The molecule has 146 valence electrons. The van der Waals surface area contributed by atoms with Gasteiger partial charge in [-0.25, -0.2) is 0 Å². The number of nitrogens with one attached hydrogen (secondary N) is 1.